The molecule has 0 spiro atoms. The van der Waals surface area contributed by atoms with Gasteiger partial charge in [-0.3, -0.25) is 4.79 Å². The SMILES string of the molecule is Cc1ccc(Cn2nc(C)c(/C=C/C(=O)NC(C)c3nc(C)no3)c2Cl)cc1. The molecule has 2 aromatic heterocycles. The van der Waals surface area contributed by atoms with Crippen LogP contribution < -0.4 is 5.32 Å². The molecule has 1 N–H and O–H groups in total. The molecule has 3 aromatic rings. The van der Waals surface area contributed by atoms with Crippen molar-refractivity contribution < 1.29 is 9.32 Å². The van der Waals surface area contributed by atoms with Gasteiger partial charge in [-0.05, 0) is 39.3 Å². The topological polar surface area (TPSA) is 85.8 Å². The van der Waals surface area contributed by atoms with E-state index in [2.05, 4.69) is 32.7 Å². The molecule has 0 radical (unpaired) electrons. The van der Waals surface area contributed by atoms with E-state index in [1.54, 1.807) is 24.6 Å². The highest BCUT2D eigenvalue weighted by molar-refractivity contribution is 6.31. The lowest BCUT2D eigenvalue weighted by Crippen LogP contribution is -2.24. The van der Waals surface area contributed by atoms with E-state index in [0.29, 0.717) is 29.0 Å². The third kappa shape index (κ3) is 4.67. The Bertz CT molecular complexity index is 1000. The van der Waals surface area contributed by atoms with Gasteiger partial charge in [-0.1, -0.05) is 46.6 Å². The Hall–Kier alpha value is -2.93. The molecule has 3 rings (SSSR count). The van der Waals surface area contributed by atoms with Crippen LogP contribution in [0.15, 0.2) is 34.9 Å². The maximum absolute atomic E-state index is 12.2. The monoisotopic (exact) mass is 399 g/mol. The molecule has 146 valence electrons. The van der Waals surface area contributed by atoms with Crippen LogP contribution in [0.4, 0.5) is 0 Å². The minimum Gasteiger partial charge on any atom is -0.341 e. The van der Waals surface area contributed by atoms with Gasteiger partial charge in [0, 0.05) is 11.6 Å². The van der Waals surface area contributed by atoms with Crippen molar-refractivity contribution in [1.82, 2.24) is 25.2 Å². The fourth-order valence-corrected chi connectivity index (χ4v) is 3.00. The lowest BCUT2D eigenvalue weighted by atomic mass is 10.1. The Balaban J connectivity index is 1.68. The summed E-state index contributed by atoms with van der Waals surface area (Å²) in [7, 11) is 0. The molecule has 0 saturated heterocycles. The summed E-state index contributed by atoms with van der Waals surface area (Å²) < 4.78 is 6.79. The Labute approximate surface area is 168 Å². The highest BCUT2D eigenvalue weighted by atomic mass is 35.5. The van der Waals surface area contributed by atoms with Gasteiger partial charge in [0.1, 0.15) is 11.2 Å². The van der Waals surface area contributed by atoms with E-state index in [-0.39, 0.29) is 11.9 Å². The van der Waals surface area contributed by atoms with Crippen LogP contribution in [-0.4, -0.2) is 25.8 Å². The lowest BCUT2D eigenvalue weighted by molar-refractivity contribution is -0.117. The first-order valence-electron chi connectivity index (χ1n) is 8.90. The molecule has 1 amide bonds. The van der Waals surface area contributed by atoms with Crippen molar-refractivity contribution in [3.63, 3.8) is 0 Å². The van der Waals surface area contributed by atoms with Crippen LogP contribution in [0.3, 0.4) is 0 Å². The van der Waals surface area contributed by atoms with Crippen LogP contribution in [0.25, 0.3) is 6.08 Å². The van der Waals surface area contributed by atoms with E-state index >= 15 is 0 Å². The van der Waals surface area contributed by atoms with Gasteiger partial charge in [0.05, 0.1) is 12.2 Å². The number of carbonyl (C=O) groups excluding carboxylic acids is 1. The second-order valence-electron chi connectivity index (χ2n) is 6.68. The molecule has 0 aliphatic rings. The number of nitrogens with zero attached hydrogens (tertiary/aromatic N) is 4. The molecule has 1 atom stereocenters. The maximum Gasteiger partial charge on any atom is 0.248 e. The third-order valence-corrected chi connectivity index (χ3v) is 4.63. The summed E-state index contributed by atoms with van der Waals surface area (Å²) in [5, 5.41) is 11.5. The molecule has 2 heterocycles. The normalized spacial score (nSPS) is 12.5. The Morgan fingerprint density at radius 3 is 2.64 bits per heavy atom. The van der Waals surface area contributed by atoms with Gasteiger partial charge in [0.25, 0.3) is 0 Å². The second-order valence-corrected chi connectivity index (χ2v) is 7.03. The van der Waals surface area contributed by atoms with E-state index in [4.69, 9.17) is 16.1 Å². The summed E-state index contributed by atoms with van der Waals surface area (Å²) >= 11 is 6.48. The number of nitrogens with one attached hydrogen (secondary N) is 1. The van der Waals surface area contributed by atoms with Crippen LogP contribution in [-0.2, 0) is 11.3 Å². The molecule has 0 saturated carbocycles. The number of hydrogen-bond acceptors (Lipinski definition) is 5. The Morgan fingerprint density at radius 1 is 1.29 bits per heavy atom. The number of carbonyl (C=O) groups is 1. The van der Waals surface area contributed by atoms with E-state index < -0.39 is 0 Å². The summed E-state index contributed by atoms with van der Waals surface area (Å²) in [6.07, 6.45) is 3.09. The average molecular weight is 400 g/mol. The molecule has 1 aromatic carbocycles. The lowest BCUT2D eigenvalue weighted by Gasteiger charge is -2.06. The molecular formula is C20H22ClN5O2. The quantitative estimate of drug-likeness (QED) is 0.637. The fraction of sp³-hybridized carbons (Fsp3) is 0.300. The molecular weight excluding hydrogens is 378 g/mol. The van der Waals surface area contributed by atoms with Gasteiger partial charge in [-0.2, -0.15) is 10.1 Å². The number of benzene rings is 1. The summed E-state index contributed by atoms with van der Waals surface area (Å²) in [5.74, 6) is 0.597. The highest BCUT2D eigenvalue weighted by Crippen LogP contribution is 2.22. The standard InChI is InChI=1S/C20H22ClN5O2/c1-12-5-7-16(8-6-12)11-26-19(21)17(13(2)24-26)9-10-18(27)22-14(3)20-23-15(4)25-28-20/h5-10,14H,11H2,1-4H3,(H,22,27)/b10-9+. The third-order valence-electron chi connectivity index (χ3n) is 4.24. The van der Waals surface area contributed by atoms with Gasteiger partial charge in [-0.15, -0.1) is 0 Å². The predicted octanol–water partition coefficient (Wildman–Crippen LogP) is 3.78. The van der Waals surface area contributed by atoms with E-state index in [0.717, 1.165) is 11.3 Å². The van der Waals surface area contributed by atoms with Gasteiger partial charge in [0.15, 0.2) is 5.82 Å². The van der Waals surface area contributed by atoms with Gasteiger partial charge >= 0.3 is 0 Å². The van der Waals surface area contributed by atoms with Crippen molar-refractivity contribution in [1.29, 1.82) is 0 Å². The zero-order valence-electron chi connectivity index (χ0n) is 16.2. The predicted molar refractivity (Wildman–Crippen MR) is 107 cm³/mol. The first kappa shape index (κ1) is 19.8. The van der Waals surface area contributed by atoms with Crippen LogP contribution in [0.1, 0.15) is 47.1 Å². The second kappa shape index (κ2) is 8.39. The molecule has 7 nitrogen and oxygen atoms in total. The fourth-order valence-electron chi connectivity index (χ4n) is 2.70. The molecule has 1 unspecified atom stereocenters. The minimum atomic E-state index is -0.390. The maximum atomic E-state index is 12.2. The first-order chi connectivity index (χ1) is 13.3. The largest absolute Gasteiger partial charge is 0.341 e. The van der Waals surface area contributed by atoms with Crippen molar-refractivity contribution in [2.75, 3.05) is 0 Å². The van der Waals surface area contributed by atoms with Crippen LogP contribution >= 0.6 is 11.6 Å². The molecule has 0 aliphatic heterocycles. The molecule has 8 heteroatoms. The number of amides is 1. The number of aromatic nitrogens is 4. The zero-order chi connectivity index (χ0) is 20.3. The summed E-state index contributed by atoms with van der Waals surface area (Å²) in [5.41, 5.74) is 3.77. The summed E-state index contributed by atoms with van der Waals surface area (Å²) in [6, 6.07) is 7.81. The van der Waals surface area contributed by atoms with Gasteiger partial charge < -0.3 is 9.84 Å². The Kier molecular flexibility index (Phi) is 5.94. The smallest absolute Gasteiger partial charge is 0.248 e. The number of rotatable bonds is 6. The number of halogens is 1. The van der Waals surface area contributed by atoms with Crippen LogP contribution in [0.5, 0.6) is 0 Å². The van der Waals surface area contributed by atoms with Crippen molar-refractivity contribution >= 4 is 23.6 Å². The van der Waals surface area contributed by atoms with Gasteiger partial charge in [0.2, 0.25) is 11.8 Å². The molecule has 0 bridgehead atoms. The summed E-state index contributed by atoms with van der Waals surface area (Å²) in [6.45, 7) is 7.97. The number of hydrogen-bond donors (Lipinski definition) is 1. The van der Waals surface area contributed by atoms with Crippen molar-refractivity contribution in [2.45, 2.75) is 40.3 Å². The molecule has 0 aliphatic carbocycles. The average Bonchev–Trinajstić information content (AvgIpc) is 3.19. The summed E-state index contributed by atoms with van der Waals surface area (Å²) in [4.78, 5) is 16.3. The van der Waals surface area contributed by atoms with Crippen LogP contribution in [0.2, 0.25) is 5.15 Å². The molecule has 28 heavy (non-hydrogen) atoms. The number of aryl methyl sites for hydroxylation is 3. The highest BCUT2D eigenvalue weighted by Gasteiger charge is 2.15. The van der Waals surface area contributed by atoms with Gasteiger partial charge in [-0.25, -0.2) is 4.68 Å². The Morgan fingerprint density at radius 2 is 2.00 bits per heavy atom. The van der Waals surface area contributed by atoms with E-state index in [9.17, 15) is 4.79 Å². The van der Waals surface area contributed by atoms with E-state index in [1.165, 1.54) is 11.6 Å². The minimum absolute atomic E-state index is 0.287. The molecule has 0 fully saturated rings. The van der Waals surface area contributed by atoms with Crippen molar-refractivity contribution in [3.8, 4) is 0 Å². The van der Waals surface area contributed by atoms with Crippen LogP contribution in [0, 0.1) is 20.8 Å². The van der Waals surface area contributed by atoms with E-state index in [1.807, 2.05) is 26.0 Å². The zero-order valence-corrected chi connectivity index (χ0v) is 17.0. The first-order valence-corrected chi connectivity index (χ1v) is 9.28. The van der Waals surface area contributed by atoms with Crippen molar-refractivity contribution in [3.05, 3.63) is 69.6 Å². The van der Waals surface area contributed by atoms with Crippen molar-refractivity contribution in [2.24, 2.45) is 0 Å².